The number of carbonyl (C=O) groups is 1. The highest BCUT2D eigenvalue weighted by Crippen LogP contribution is 2.48. The first-order valence-electron chi connectivity index (χ1n) is 5.07. The summed E-state index contributed by atoms with van der Waals surface area (Å²) < 4.78 is 0. The molecule has 0 aliphatic heterocycles. The highest BCUT2D eigenvalue weighted by atomic mass is 16.1. The van der Waals surface area contributed by atoms with Crippen LogP contribution in [0.3, 0.4) is 0 Å². The fourth-order valence-corrected chi connectivity index (χ4v) is 1.89. The lowest BCUT2D eigenvalue weighted by atomic mass is 10.2. The lowest BCUT2D eigenvalue weighted by Crippen LogP contribution is -2.17. The highest BCUT2D eigenvalue weighted by molar-refractivity contribution is 5.92. The van der Waals surface area contributed by atoms with Crippen molar-refractivity contribution in [3.63, 3.8) is 0 Å². The van der Waals surface area contributed by atoms with E-state index in [-0.39, 0.29) is 5.78 Å². The first kappa shape index (κ1) is 11.0. The number of likely N-dealkylation sites (N-methyl/N-ethyl adjacent to an activating group) is 1. The first-order chi connectivity index (χ1) is 6.49. The number of ketones is 1. The van der Waals surface area contributed by atoms with Gasteiger partial charge in [-0.3, -0.25) is 4.79 Å². The van der Waals surface area contributed by atoms with E-state index >= 15 is 0 Å². The Morgan fingerprint density at radius 1 is 1.57 bits per heavy atom. The molecule has 0 aromatic heterocycles. The zero-order valence-corrected chi connectivity index (χ0v) is 9.50. The van der Waals surface area contributed by atoms with Gasteiger partial charge in [0.25, 0.3) is 0 Å². The van der Waals surface area contributed by atoms with Crippen molar-refractivity contribution >= 4 is 5.78 Å². The predicted octanol–water partition coefficient (Wildman–Crippen LogP) is 2.23. The smallest absolute Gasteiger partial charge is 0.175 e. The predicted molar refractivity (Wildman–Crippen MR) is 58.9 cm³/mol. The molecule has 1 saturated carbocycles. The van der Waals surface area contributed by atoms with Crippen LogP contribution in [0.15, 0.2) is 23.9 Å². The third-order valence-corrected chi connectivity index (χ3v) is 2.85. The lowest BCUT2D eigenvalue weighted by molar-refractivity contribution is -0.114. The van der Waals surface area contributed by atoms with Crippen molar-refractivity contribution < 1.29 is 4.79 Å². The van der Waals surface area contributed by atoms with Gasteiger partial charge in [-0.2, -0.15) is 0 Å². The van der Waals surface area contributed by atoms with Gasteiger partial charge in [-0.05, 0) is 18.4 Å². The summed E-state index contributed by atoms with van der Waals surface area (Å²) >= 11 is 0. The van der Waals surface area contributed by atoms with Crippen LogP contribution in [0.5, 0.6) is 0 Å². The Morgan fingerprint density at radius 3 is 2.43 bits per heavy atom. The van der Waals surface area contributed by atoms with Crippen molar-refractivity contribution in [2.75, 3.05) is 14.1 Å². The lowest BCUT2D eigenvalue weighted by Gasteiger charge is -2.13. The molecule has 0 N–H and O–H groups in total. The summed E-state index contributed by atoms with van der Waals surface area (Å²) in [5, 5.41) is 0. The van der Waals surface area contributed by atoms with Gasteiger partial charge in [-0.25, -0.2) is 0 Å². The van der Waals surface area contributed by atoms with E-state index in [1.54, 1.807) is 6.92 Å². The molecule has 14 heavy (non-hydrogen) atoms. The van der Waals surface area contributed by atoms with Crippen molar-refractivity contribution in [3.8, 4) is 0 Å². The number of hydrogen-bond donors (Lipinski definition) is 0. The van der Waals surface area contributed by atoms with Crippen LogP contribution in [0.25, 0.3) is 0 Å². The van der Waals surface area contributed by atoms with Gasteiger partial charge in [0.15, 0.2) is 5.78 Å². The zero-order valence-electron chi connectivity index (χ0n) is 9.50. The van der Waals surface area contributed by atoms with E-state index < -0.39 is 0 Å². The SMILES string of the molecule is C=C1C(/C=C(/C(C)=O)N(C)C)C1CC. The van der Waals surface area contributed by atoms with E-state index in [1.165, 1.54) is 5.57 Å². The maximum Gasteiger partial charge on any atom is 0.175 e. The number of Topliss-reactive ketones (excluding diaryl/α,β-unsaturated/α-hetero) is 1. The number of hydrogen-bond acceptors (Lipinski definition) is 2. The average molecular weight is 193 g/mol. The van der Waals surface area contributed by atoms with Crippen LogP contribution >= 0.6 is 0 Å². The number of nitrogens with zero attached hydrogens (tertiary/aromatic N) is 1. The van der Waals surface area contributed by atoms with Gasteiger partial charge in [0.05, 0.1) is 5.70 Å². The number of rotatable bonds is 4. The molecule has 1 rings (SSSR count). The van der Waals surface area contributed by atoms with Crippen LogP contribution in [0.4, 0.5) is 0 Å². The monoisotopic (exact) mass is 193 g/mol. The Hall–Kier alpha value is -1.05. The largest absolute Gasteiger partial charge is 0.375 e. The molecule has 0 saturated heterocycles. The van der Waals surface area contributed by atoms with E-state index in [9.17, 15) is 4.79 Å². The summed E-state index contributed by atoms with van der Waals surface area (Å²) in [6.45, 7) is 7.77. The Bertz CT molecular complexity index is 289. The van der Waals surface area contributed by atoms with Crippen molar-refractivity contribution in [2.24, 2.45) is 11.8 Å². The van der Waals surface area contributed by atoms with Crippen LogP contribution in [0.2, 0.25) is 0 Å². The molecule has 0 radical (unpaired) electrons. The van der Waals surface area contributed by atoms with Gasteiger partial charge < -0.3 is 4.90 Å². The summed E-state index contributed by atoms with van der Waals surface area (Å²) in [5.74, 6) is 1.16. The van der Waals surface area contributed by atoms with Gasteiger partial charge in [0, 0.05) is 26.9 Å². The fourth-order valence-electron chi connectivity index (χ4n) is 1.89. The van der Waals surface area contributed by atoms with Gasteiger partial charge in [-0.15, -0.1) is 0 Å². The number of allylic oxidation sites excluding steroid dienone is 3. The molecule has 1 aliphatic carbocycles. The molecule has 1 fully saturated rings. The number of carbonyl (C=O) groups excluding carboxylic acids is 1. The molecule has 0 bridgehead atoms. The maximum atomic E-state index is 11.3. The van der Waals surface area contributed by atoms with Crippen molar-refractivity contribution in [1.29, 1.82) is 0 Å². The first-order valence-corrected chi connectivity index (χ1v) is 5.07. The van der Waals surface area contributed by atoms with Gasteiger partial charge >= 0.3 is 0 Å². The molecule has 78 valence electrons. The van der Waals surface area contributed by atoms with Crippen LogP contribution in [-0.2, 0) is 4.79 Å². The Balaban J connectivity index is 2.76. The highest BCUT2D eigenvalue weighted by Gasteiger charge is 2.39. The summed E-state index contributed by atoms with van der Waals surface area (Å²) in [4.78, 5) is 13.2. The van der Waals surface area contributed by atoms with Crippen LogP contribution in [-0.4, -0.2) is 24.8 Å². The van der Waals surface area contributed by atoms with Gasteiger partial charge in [0.1, 0.15) is 0 Å². The molecule has 0 aromatic rings. The second-order valence-electron chi connectivity index (χ2n) is 4.12. The molecular formula is C12H19NO. The third kappa shape index (κ3) is 2.06. The average Bonchev–Trinajstić information content (AvgIpc) is 2.70. The van der Waals surface area contributed by atoms with Gasteiger partial charge in [-0.1, -0.05) is 19.1 Å². The van der Waals surface area contributed by atoms with E-state index in [1.807, 2.05) is 19.0 Å². The Kier molecular flexibility index (Phi) is 3.14. The van der Waals surface area contributed by atoms with Crippen molar-refractivity contribution in [1.82, 2.24) is 4.90 Å². The normalized spacial score (nSPS) is 26.3. The zero-order chi connectivity index (χ0) is 10.9. The molecular weight excluding hydrogens is 174 g/mol. The molecule has 2 atom stereocenters. The van der Waals surface area contributed by atoms with E-state index in [0.717, 1.165) is 12.1 Å². The Morgan fingerprint density at radius 2 is 2.14 bits per heavy atom. The quantitative estimate of drug-likeness (QED) is 0.504. The molecule has 0 amide bonds. The minimum Gasteiger partial charge on any atom is -0.375 e. The molecule has 2 nitrogen and oxygen atoms in total. The summed E-state index contributed by atoms with van der Waals surface area (Å²) in [7, 11) is 3.80. The molecule has 2 unspecified atom stereocenters. The second-order valence-corrected chi connectivity index (χ2v) is 4.12. The Labute approximate surface area is 86.3 Å². The van der Waals surface area contributed by atoms with Crippen LogP contribution in [0.1, 0.15) is 20.3 Å². The molecule has 0 spiro atoms. The van der Waals surface area contributed by atoms with E-state index in [2.05, 4.69) is 19.6 Å². The van der Waals surface area contributed by atoms with E-state index in [0.29, 0.717) is 11.8 Å². The molecule has 1 aliphatic rings. The summed E-state index contributed by atoms with van der Waals surface area (Å²) in [6.07, 6.45) is 3.18. The molecule has 0 heterocycles. The standard InChI is InChI=1S/C12H19NO/c1-6-10-8(2)11(10)7-12(9(3)14)13(4)5/h7,10-11H,2,6H2,1,3-5H3/b12-7-. The maximum absolute atomic E-state index is 11.3. The van der Waals surface area contributed by atoms with E-state index in [4.69, 9.17) is 0 Å². The molecule has 0 aromatic carbocycles. The minimum absolute atomic E-state index is 0.129. The van der Waals surface area contributed by atoms with Crippen LogP contribution in [0, 0.1) is 11.8 Å². The fraction of sp³-hybridized carbons (Fsp3) is 0.583. The van der Waals surface area contributed by atoms with Crippen molar-refractivity contribution in [2.45, 2.75) is 20.3 Å². The second kappa shape index (κ2) is 3.99. The minimum atomic E-state index is 0.129. The van der Waals surface area contributed by atoms with Gasteiger partial charge in [0.2, 0.25) is 0 Å². The topological polar surface area (TPSA) is 20.3 Å². The molecule has 2 heteroatoms. The summed E-state index contributed by atoms with van der Waals surface area (Å²) in [5.41, 5.74) is 2.07. The summed E-state index contributed by atoms with van der Waals surface area (Å²) in [6, 6.07) is 0. The van der Waals surface area contributed by atoms with Crippen LogP contribution < -0.4 is 0 Å². The third-order valence-electron chi connectivity index (χ3n) is 2.85. The van der Waals surface area contributed by atoms with Crippen molar-refractivity contribution in [3.05, 3.63) is 23.9 Å².